The summed E-state index contributed by atoms with van der Waals surface area (Å²) in [5, 5.41) is 5.19. The molecule has 4 rings (SSSR count). The van der Waals surface area contributed by atoms with Crippen LogP contribution in [0.3, 0.4) is 0 Å². The highest BCUT2D eigenvalue weighted by Gasteiger charge is 2.25. The maximum atomic E-state index is 13.3. The molecule has 0 amide bonds. The average Bonchev–Trinajstić information content (AvgIpc) is 2.72. The zero-order valence-corrected chi connectivity index (χ0v) is 19.3. The van der Waals surface area contributed by atoms with Crippen LogP contribution in [-0.2, 0) is 10.0 Å². The van der Waals surface area contributed by atoms with E-state index in [4.69, 9.17) is 16.3 Å². The van der Waals surface area contributed by atoms with Gasteiger partial charge < -0.3 is 15.0 Å². The van der Waals surface area contributed by atoms with Crippen LogP contribution in [0, 0.1) is 0 Å². The first-order chi connectivity index (χ1) is 14.8. The Bertz CT molecular complexity index is 1200. The normalized spacial score (nSPS) is 19.4. The van der Waals surface area contributed by atoms with Crippen LogP contribution in [0.15, 0.2) is 59.5 Å². The Morgan fingerprint density at radius 1 is 1.06 bits per heavy atom. The van der Waals surface area contributed by atoms with Gasteiger partial charge in [-0.15, -0.1) is 0 Å². The van der Waals surface area contributed by atoms with Crippen molar-refractivity contribution in [3.8, 4) is 5.75 Å². The Hall–Kier alpha value is -2.48. The smallest absolute Gasteiger partial charge is 0.262 e. The van der Waals surface area contributed by atoms with Gasteiger partial charge in [0.25, 0.3) is 10.0 Å². The summed E-state index contributed by atoms with van der Waals surface area (Å²) >= 11 is 6.34. The third-order valence-electron chi connectivity index (χ3n) is 5.43. The molecule has 3 aromatic rings. The van der Waals surface area contributed by atoms with Gasteiger partial charge in [0.05, 0.1) is 23.4 Å². The lowest BCUT2D eigenvalue weighted by atomic mass is 10.1. The molecule has 0 unspecified atom stereocenters. The molecular formula is C23H26ClN3O3S. The van der Waals surface area contributed by atoms with Gasteiger partial charge in [-0.25, -0.2) is 8.42 Å². The van der Waals surface area contributed by atoms with E-state index in [9.17, 15) is 8.42 Å². The standard InChI is InChI=1S/C23H26ClN3O3S/c1-15-13-27(14-16(2)25-15)20-12-18(10-11-21(20)30-3)26-31(28,29)22-9-5-7-17-6-4-8-19(24)23(17)22/h4-12,15-16,25-26H,13-14H2,1-3H3/t15-,16+. The molecule has 1 aliphatic heterocycles. The lowest BCUT2D eigenvalue weighted by Crippen LogP contribution is -2.54. The highest BCUT2D eigenvalue weighted by Crippen LogP contribution is 2.35. The van der Waals surface area contributed by atoms with Crippen molar-refractivity contribution in [3.63, 3.8) is 0 Å². The van der Waals surface area contributed by atoms with Crippen molar-refractivity contribution in [1.29, 1.82) is 0 Å². The molecule has 1 saturated heterocycles. The van der Waals surface area contributed by atoms with Crippen LogP contribution in [0.2, 0.25) is 5.02 Å². The zero-order valence-electron chi connectivity index (χ0n) is 17.7. The number of hydrogen-bond acceptors (Lipinski definition) is 5. The van der Waals surface area contributed by atoms with Gasteiger partial charge in [0.15, 0.2) is 0 Å². The van der Waals surface area contributed by atoms with Crippen molar-refractivity contribution in [3.05, 3.63) is 59.6 Å². The summed E-state index contributed by atoms with van der Waals surface area (Å²) in [5.41, 5.74) is 1.33. The van der Waals surface area contributed by atoms with E-state index in [1.165, 1.54) is 0 Å². The zero-order chi connectivity index (χ0) is 22.2. The summed E-state index contributed by atoms with van der Waals surface area (Å²) in [5.74, 6) is 0.706. The van der Waals surface area contributed by atoms with Crippen LogP contribution in [-0.4, -0.2) is 40.7 Å². The summed E-state index contributed by atoms with van der Waals surface area (Å²) in [7, 11) is -2.24. The van der Waals surface area contributed by atoms with Crippen molar-refractivity contribution in [2.45, 2.75) is 30.8 Å². The molecule has 0 saturated carbocycles. The molecule has 0 radical (unpaired) electrons. The number of rotatable bonds is 5. The molecule has 6 nitrogen and oxygen atoms in total. The first-order valence-corrected chi connectivity index (χ1v) is 12.0. The fraction of sp³-hybridized carbons (Fsp3) is 0.304. The van der Waals surface area contributed by atoms with Gasteiger partial charge in [-0.3, -0.25) is 4.72 Å². The molecule has 8 heteroatoms. The van der Waals surface area contributed by atoms with E-state index < -0.39 is 10.0 Å². The van der Waals surface area contributed by atoms with Crippen LogP contribution in [0.4, 0.5) is 11.4 Å². The van der Waals surface area contributed by atoms with Gasteiger partial charge in [-0.1, -0.05) is 35.9 Å². The monoisotopic (exact) mass is 459 g/mol. The van der Waals surface area contributed by atoms with E-state index in [0.717, 1.165) is 24.2 Å². The minimum absolute atomic E-state index is 0.150. The molecule has 0 aliphatic carbocycles. The van der Waals surface area contributed by atoms with Gasteiger partial charge in [0.1, 0.15) is 5.75 Å². The van der Waals surface area contributed by atoms with Crippen molar-refractivity contribution < 1.29 is 13.2 Å². The molecule has 2 N–H and O–H groups in total. The quantitative estimate of drug-likeness (QED) is 0.588. The first-order valence-electron chi connectivity index (χ1n) is 10.2. The minimum Gasteiger partial charge on any atom is -0.495 e. The number of nitrogens with zero attached hydrogens (tertiary/aromatic N) is 1. The topological polar surface area (TPSA) is 70.7 Å². The van der Waals surface area contributed by atoms with Gasteiger partial charge in [-0.2, -0.15) is 0 Å². The third kappa shape index (κ3) is 4.44. The fourth-order valence-electron chi connectivity index (χ4n) is 4.22. The van der Waals surface area contributed by atoms with Gasteiger partial charge in [0, 0.05) is 35.6 Å². The predicted octanol–water partition coefficient (Wildman–Crippen LogP) is 4.49. The summed E-state index contributed by atoms with van der Waals surface area (Å²) in [6, 6.07) is 16.4. The number of hydrogen-bond donors (Lipinski definition) is 2. The number of methoxy groups -OCH3 is 1. The fourth-order valence-corrected chi connectivity index (χ4v) is 5.86. The van der Waals surface area contributed by atoms with Crippen molar-refractivity contribution >= 4 is 43.8 Å². The summed E-state index contributed by atoms with van der Waals surface area (Å²) < 4.78 is 34.9. The lowest BCUT2D eigenvalue weighted by Gasteiger charge is -2.38. The number of benzene rings is 3. The largest absolute Gasteiger partial charge is 0.495 e. The third-order valence-corrected chi connectivity index (χ3v) is 7.17. The second-order valence-electron chi connectivity index (χ2n) is 7.96. The van der Waals surface area contributed by atoms with E-state index in [-0.39, 0.29) is 4.90 Å². The number of ether oxygens (including phenoxy) is 1. The number of anilines is 2. The Morgan fingerprint density at radius 2 is 1.74 bits per heavy atom. The number of sulfonamides is 1. The average molecular weight is 460 g/mol. The number of fused-ring (bicyclic) bond motifs is 1. The molecule has 0 aromatic heterocycles. The first kappa shape index (κ1) is 21.7. The summed E-state index contributed by atoms with van der Waals surface area (Å²) in [6.07, 6.45) is 0. The number of halogens is 1. The Balaban J connectivity index is 1.72. The van der Waals surface area contributed by atoms with Crippen molar-refractivity contribution in [1.82, 2.24) is 5.32 Å². The summed E-state index contributed by atoms with van der Waals surface area (Å²) in [4.78, 5) is 2.37. The number of piperazine rings is 1. The Kier molecular flexibility index (Phi) is 6.01. The Labute approximate surface area is 188 Å². The van der Waals surface area contributed by atoms with Crippen LogP contribution >= 0.6 is 11.6 Å². The van der Waals surface area contributed by atoms with Crippen molar-refractivity contribution in [2.75, 3.05) is 29.8 Å². The molecular weight excluding hydrogens is 434 g/mol. The predicted molar refractivity (Wildman–Crippen MR) is 127 cm³/mol. The van der Waals surface area contributed by atoms with Gasteiger partial charge in [-0.05, 0) is 49.6 Å². The van der Waals surface area contributed by atoms with Gasteiger partial charge in [0.2, 0.25) is 0 Å². The maximum absolute atomic E-state index is 13.3. The van der Waals surface area contributed by atoms with E-state index in [1.54, 1.807) is 43.5 Å². The molecule has 1 heterocycles. The molecule has 1 aliphatic rings. The second-order valence-corrected chi connectivity index (χ2v) is 10.0. The second kappa shape index (κ2) is 8.57. The van der Waals surface area contributed by atoms with E-state index >= 15 is 0 Å². The molecule has 3 aromatic carbocycles. The van der Waals surface area contributed by atoms with Crippen molar-refractivity contribution in [2.24, 2.45) is 0 Å². The summed E-state index contributed by atoms with van der Waals surface area (Å²) in [6.45, 7) is 5.86. The van der Waals surface area contributed by atoms with Crippen LogP contribution in [0.25, 0.3) is 10.8 Å². The van der Waals surface area contributed by atoms with E-state index in [2.05, 4.69) is 28.8 Å². The highest BCUT2D eigenvalue weighted by molar-refractivity contribution is 7.93. The van der Waals surface area contributed by atoms with E-state index in [0.29, 0.717) is 33.9 Å². The van der Waals surface area contributed by atoms with Gasteiger partial charge >= 0.3 is 0 Å². The lowest BCUT2D eigenvalue weighted by molar-refractivity contribution is 0.391. The molecule has 31 heavy (non-hydrogen) atoms. The van der Waals surface area contributed by atoms with Crippen LogP contribution in [0.5, 0.6) is 5.75 Å². The van der Waals surface area contributed by atoms with Crippen LogP contribution in [0.1, 0.15) is 13.8 Å². The van der Waals surface area contributed by atoms with E-state index in [1.807, 2.05) is 18.2 Å². The molecule has 2 atom stereocenters. The number of nitrogens with one attached hydrogen (secondary N) is 2. The Morgan fingerprint density at radius 3 is 2.42 bits per heavy atom. The molecule has 164 valence electrons. The maximum Gasteiger partial charge on any atom is 0.262 e. The molecule has 0 spiro atoms. The van der Waals surface area contributed by atoms with Crippen LogP contribution < -0.4 is 19.7 Å². The molecule has 1 fully saturated rings. The molecule has 0 bridgehead atoms. The SMILES string of the molecule is COc1ccc(NS(=O)(=O)c2cccc3cccc(Cl)c23)cc1N1C[C@@H](C)N[C@@H](C)C1. The highest BCUT2D eigenvalue weighted by atomic mass is 35.5. The minimum atomic E-state index is -3.86.